The lowest BCUT2D eigenvalue weighted by atomic mass is 9.98. The fraction of sp³-hybridized carbons (Fsp3) is 0.156. The zero-order valence-corrected chi connectivity index (χ0v) is 20.6. The number of hydrogen-bond donors (Lipinski definition) is 1. The first-order chi connectivity index (χ1) is 17.7. The maximum atomic E-state index is 4.61. The first-order valence-electron chi connectivity index (χ1n) is 12.6. The average molecular weight is 471 g/mol. The van der Waals surface area contributed by atoms with Crippen LogP contribution < -0.4 is 10.2 Å². The van der Waals surface area contributed by atoms with E-state index in [2.05, 4.69) is 130 Å². The van der Waals surface area contributed by atoms with Crippen molar-refractivity contribution in [1.82, 2.24) is 9.88 Å². The Labute approximate surface area is 212 Å². The molecule has 0 aliphatic carbocycles. The van der Waals surface area contributed by atoms with Gasteiger partial charge in [-0.15, -0.1) is 0 Å². The van der Waals surface area contributed by atoms with Crippen LogP contribution in [0, 0.1) is 0 Å². The van der Waals surface area contributed by atoms with Gasteiger partial charge < -0.3 is 15.1 Å². The van der Waals surface area contributed by atoms with Crippen molar-refractivity contribution in [3.63, 3.8) is 0 Å². The van der Waals surface area contributed by atoms with E-state index in [-0.39, 0.29) is 0 Å². The first-order valence-corrected chi connectivity index (χ1v) is 12.6. The second kappa shape index (κ2) is 9.84. The molecule has 1 N–H and O–H groups in total. The van der Waals surface area contributed by atoms with Gasteiger partial charge in [0.15, 0.2) is 0 Å². The maximum Gasteiger partial charge on any atom is 0.0723 e. The van der Waals surface area contributed by atoms with Crippen LogP contribution >= 0.6 is 0 Å². The summed E-state index contributed by atoms with van der Waals surface area (Å²) in [6, 6.07) is 36.6. The number of nitrogens with one attached hydrogen (secondary N) is 1. The Bertz CT molecular complexity index is 1470. The molecule has 4 heteroatoms. The highest BCUT2D eigenvalue weighted by Crippen LogP contribution is 2.32. The zero-order valence-electron chi connectivity index (χ0n) is 20.6. The van der Waals surface area contributed by atoms with Gasteiger partial charge in [-0.05, 0) is 77.8 Å². The van der Waals surface area contributed by atoms with Crippen LogP contribution in [0.3, 0.4) is 0 Å². The molecule has 0 bridgehead atoms. The van der Waals surface area contributed by atoms with Crippen LogP contribution in [0.5, 0.6) is 0 Å². The van der Waals surface area contributed by atoms with E-state index in [0.717, 1.165) is 48.5 Å². The van der Waals surface area contributed by atoms with Crippen LogP contribution in [-0.4, -0.2) is 43.1 Å². The van der Waals surface area contributed by atoms with Gasteiger partial charge >= 0.3 is 0 Å². The highest BCUT2D eigenvalue weighted by atomic mass is 15.2. The van der Waals surface area contributed by atoms with Crippen molar-refractivity contribution in [3.05, 3.63) is 109 Å². The van der Waals surface area contributed by atoms with E-state index in [4.69, 9.17) is 0 Å². The summed E-state index contributed by atoms with van der Waals surface area (Å²) in [6.45, 7) is 4.37. The van der Waals surface area contributed by atoms with E-state index >= 15 is 0 Å². The minimum absolute atomic E-state index is 0.983. The number of anilines is 3. The van der Waals surface area contributed by atoms with Gasteiger partial charge in [-0.25, -0.2) is 0 Å². The van der Waals surface area contributed by atoms with E-state index in [1.165, 1.54) is 27.9 Å². The topological polar surface area (TPSA) is 31.4 Å². The van der Waals surface area contributed by atoms with Crippen molar-refractivity contribution >= 4 is 28.0 Å². The predicted molar refractivity (Wildman–Crippen MR) is 152 cm³/mol. The molecule has 0 radical (unpaired) electrons. The Morgan fingerprint density at radius 1 is 0.639 bits per heavy atom. The van der Waals surface area contributed by atoms with Gasteiger partial charge in [0.1, 0.15) is 0 Å². The first kappa shape index (κ1) is 22.3. The molecule has 1 fully saturated rings. The molecule has 0 saturated carbocycles. The summed E-state index contributed by atoms with van der Waals surface area (Å²) in [6.07, 6.45) is 1.87. The van der Waals surface area contributed by atoms with Gasteiger partial charge in [-0.3, -0.25) is 4.98 Å². The molecule has 4 aromatic carbocycles. The second-order valence-corrected chi connectivity index (χ2v) is 9.50. The molecule has 1 aliphatic rings. The summed E-state index contributed by atoms with van der Waals surface area (Å²) in [5.74, 6) is 0. The van der Waals surface area contributed by atoms with E-state index in [0.29, 0.717) is 0 Å². The number of hydrogen-bond acceptors (Lipinski definition) is 4. The Kier molecular flexibility index (Phi) is 6.10. The number of nitrogens with zero attached hydrogens (tertiary/aromatic N) is 3. The standard InChI is InChI=1S/C32H30N4/c1-35-18-20-36(21-19-35)29-13-11-28(12-14-29)34-32-16-17-33-31-15-10-27(23-30(31)32)26-9-5-8-25(22-26)24-6-3-2-4-7-24/h2-17,22-23H,18-21H2,1H3,(H,33,34). The number of rotatable bonds is 5. The average Bonchev–Trinajstić information content (AvgIpc) is 2.94. The van der Waals surface area contributed by atoms with E-state index in [1.54, 1.807) is 0 Å². The monoisotopic (exact) mass is 470 g/mol. The number of aromatic nitrogens is 1. The van der Waals surface area contributed by atoms with Gasteiger partial charge in [-0.1, -0.05) is 54.6 Å². The van der Waals surface area contributed by atoms with Gasteiger partial charge in [0.25, 0.3) is 0 Å². The molecule has 1 aromatic heterocycles. The quantitative estimate of drug-likeness (QED) is 0.298. The number of benzene rings is 4. The zero-order chi connectivity index (χ0) is 24.3. The number of pyridine rings is 1. The van der Waals surface area contributed by atoms with E-state index in [9.17, 15) is 0 Å². The molecule has 5 aromatic rings. The molecule has 2 heterocycles. The van der Waals surface area contributed by atoms with Crippen molar-refractivity contribution in [2.24, 2.45) is 0 Å². The molecule has 0 amide bonds. The third kappa shape index (κ3) is 4.68. The van der Waals surface area contributed by atoms with Gasteiger partial charge in [0.05, 0.1) is 5.52 Å². The number of likely N-dealkylation sites (N-methyl/N-ethyl adjacent to an activating group) is 1. The Hall–Kier alpha value is -4.15. The van der Waals surface area contributed by atoms with Crippen molar-refractivity contribution in [2.75, 3.05) is 43.4 Å². The second-order valence-electron chi connectivity index (χ2n) is 9.50. The molecule has 6 rings (SSSR count). The number of fused-ring (bicyclic) bond motifs is 1. The molecular formula is C32H30N4. The van der Waals surface area contributed by atoms with Crippen LogP contribution in [0.4, 0.5) is 17.1 Å². The molecule has 0 spiro atoms. The Morgan fingerprint density at radius 3 is 2.11 bits per heavy atom. The van der Waals surface area contributed by atoms with E-state index in [1.807, 2.05) is 6.20 Å². The van der Waals surface area contributed by atoms with E-state index < -0.39 is 0 Å². The SMILES string of the molecule is CN1CCN(c2ccc(Nc3ccnc4ccc(-c5cccc(-c6ccccc6)c5)cc34)cc2)CC1. The molecule has 0 atom stereocenters. The van der Waals surface area contributed by atoms with Crippen molar-refractivity contribution in [1.29, 1.82) is 0 Å². The van der Waals surface area contributed by atoms with Gasteiger partial charge in [0, 0.05) is 54.8 Å². The molecule has 0 unspecified atom stereocenters. The summed E-state index contributed by atoms with van der Waals surface area (Å²) in [5.41, 5.74) is 9.24. The lowest BCUT2D eigenvalue weighted by molar-refractivity contribution is 0.313. The summed E-state index contributed by atoms with van der Waals surface area (Å²) in [5, 5.41) is 4.75. The normalized spacial score (nSPS) is 14.2. The summed E-state index contributed by atoms with van der Waals surface area (Å²) in [4.78, 5) is 9.46. The molecule has 1 aliphatic heterocycles. The molecular weight excluding hydrogens is 440 g/mol. The third-order valence-electron chi connectivity index (χ3n) is 7.06. The van der Waals surface area contributed by atoms with Crippen LogP contribution in [0.25, 0.3) is 33.2 Å². The number of piperazine rings is 1. The Balaban J connectivity index is 1.28. The minimum atomic E-state index is 0.983. The lowest BCUT2D eigenvalue weighted by Gasteiger charge is -2.34. The highest BCUT2D eigenvalue weighted by molar-refractivity contribution is 5.96. The summed E-state index contributed by atoms with van der Waals surface area (Å²) < 4.78 is 0. The van der Waals surface area contributed by atoms with Crippen molar-refractivity contribution in [2.45, 2.75) is 0 Å². The maximum absolute atomic E-state index is 4.61. The van der Waals surface area contributed by atoms with Crippen molar-refractivity contribution in [3.8, 4) is 22.3 Å². The highest BCUT2D eigenvalue weighted by Gasteiger charge is 2.14. The summed E-state index contributed by atoms with van der Waals surface area (Å²) in [7, 11) is 2.19. The van der Waals surface area contributed by atoms with Crippen LogP contribution in [0.15, 0.2) is 109 Å². The fourth-order valence-electron chi connectivity index (χ4n) is 4.92. The smallest absolute Gasteiger partial charge is 0.0723 e. The predicted octanol–water partition coefficient (Wildman–Crippen LogP) is 7.06. The molecule has 36 heavy (non-hydrogen) atoms. The van der Waals surface area contributed by atoms with Crippen LogP contribution in [0.2, 0.25) is 0 Å². The molecule has 4 nitrogen and oxygen atoms in total. The summed E-state index contributed by atoms with van der Waals surface area (Å²) >= 11 is 0. The van der Waals surface area contributed by atoms with Crippen molar-refractivity contribution < 1.29 is 0 Å². The van der Waals surface area contributed by atoms with Gasteiger partial charge in [-0.2, -0.15) is 0 Å². The lowest BCUT2D eigenvalue weighted by Crippen LogP contribution is -2.44. The fourth-order valence-corrected chi connectivity index (χ4v) is 4.92. The third-order valence-corrected chi connectivity index (χ3v) is 7.06. The molecule has 178 valence electrons. The Morgan fingerprint density at radius 2 is 1.33 bits per heavy atom. The minimum Gasteiger partial charge on any atom is -0.369 e. The van der Waals surface area contributed by atoms with Crippen LogP contribution in [-0.2, 0) is 0 Å². The van der Waals surface area contributed by atoms with Gasteiger partial charge in [0.2, 0.25) is 0 Å². The molecule has 1 saturated heterocycles. The van der Waals surface area contributed by atoms with Crippen LogP contribution in [0.1, 0.15) is 0 Å². The largest absolute Gasteiger partial charge is 0.369 e.